The van der Waals surface area contributed by atoms with Crippen LogP contribution >= 0.6 is 0 Å². The highest BCUT2D eigenvalue weighted by molar-refractivity contribution is 6.36. The number of rotatable bonds is 23. The zero-order valence-corrected chi connectivity index (χ0v) is 23.9. The average Bonchev–Trinajstić information content (AvgIpc) is 2.95. The fraction of sp³-hybridized carbons (Fsp3) is 0.545. The first-order chi connectivity index (χ1) is 19.1. The van der Waals surface area contributed by atoms with E-state index < -0.39 is 13.3 Å². The number of carbonyl (C=O) groups excluding carboxylic acids is 1. The Labute approximate surface area is 235 Å². The van der Waals surface area contributed by atoms with Crippen LogP contribution in [-0.4, -0.2) is 19.9 Å². The molecule has 2 rings (SSSR count). The Kier molecular flexibility index (Phi) is 17.7. The molecule has 2 aromatic rings. The molecule has 3 nitrogen and oxygen atoms in total. The van der Waals surface area contributed by atoms with Crippen molar-refractivity contribution < 1.29 is 22.8 Å². The van der Waals surface area contributed by atoms with Gasteiger partial charge < -0.3 is 9.39 Å². The number of hydrogen-bond acceptors (Lipinski definition) is 3. The van der Waals surface area contributed by atoms with Crippen molar-refractivity contribution in [1.29, 1.82) is 0 Å². The van der Waals surface area contributed by atoms with Crippen molar-refractivity contribution in [3.05, 3.63) is 71.8 Å². The second kappa shape index (κ2) is 21.2. The second-order valence-corrected chi connectivity index (χ2v) is 10.3. The Hall–Kier alpha value is -2.63. The Bertz CT molecular complexity index is 916. The van der Waals surface area contributed by atoms with Gasteiger partial charge in [0.1, 0.15) is 11.5 Å². The predicted molar refractivity (Wildman–Crippen MR) is 159 cm³/mol. The van der Waals surface area contributed by atoms with Crippen LogP contribution in [0, 0.1) is 0 Å². The summed E-state index contributed by atoms with van der Waals surface area (Å²) in [6.45, 7) is 2.90. The lowest BCUT2D eigenvalue weighted by molar-refractivity contribution is 0.104. The third kappa shape index (κ3) is 15.5. The topological polar surface area (TPSA) is 35.5 Å². The summed E-state index contributed by atoms with van der Waals surface area (Å²) in [7, 11) is -3.02. The summed E-state index contributed by atoms with van der Waals surface area (Å²) in [6.07, 6.45) is 22.4. The maximum absolute atomic E-state index is 13.0. The molecular weight excluding hydrogens is 493 g/mol. The lowest BCUT2D eigenvalue weighted by Crippen LogP contribution is -2.06. The molecule has 6 heteroatoms. The van der Waals surface area contributed by atoms with Gasteiger partial charge in [0.05, 0.1) is 6.61 Å². The first-order valence-electron chi connectivity index (χ1n) is 15.1. The fourth-order valence-electron chi connectivity index (χ4n) is 4.64. The highest BCUT2D eigenvalue weighted by Crippen LogP contribution is 2.22. The minimum atomic E-state index is -3.02. The van der Waals surface area contributed by atoms with Crippen LogP contribution in [0.1, 0.15) is 126 Å². The summed E-state index contributed by atoms with van der Waals surface area (Å²) in [5.41, 5.74) is 0.806. The second-order valence-electron chi connectivity index (χ2n) is 10.3. The number of ether oxygens (including phenoxy) is 1. The Morgan fingerprint density at radius 1 is 0.667 bits per heavy atom. The number of carbonyl (C=O) groups is 1. The highest BCUT2D eigenvalue weighted by Gasteiger charge is 2.21. The molecule has 0 atom stereocenters. The van der Waals surface area contributed by atoms with Crippen LogP contribution in [0.3, 0.4) is 0 Å². The van der Waals surface area contributed by atoms with E-state index in [1.807, 2.05) is 0 Å². The summed E-state index contributed by atoms with van der Waals surface area (Å²) in [5.74, 6) is 0.115. The summed E-state index contributed by atoms with van der Waals surface area (Å²) in [4.78, 5) is 12.4. The maximum atomic E-state index is 13.0. The van der Waals surface area contributed by atoms with E-state index in [9.17, 15) is 13.4 Å². The van der Waals surface area contributed by atoms with Crippen molar-refractivity contribution in [1.82, 2.24) is 0 Å². The van der Waals surface area contributed by atoms with Crippen LogP contribution in [-0.2, 0) is 4.65 Å². The van der Waals surface area contributed by atoms with Gasteiger partial charge in [0.25, 0.3) is 0 Å². The van der Waals surface area contributed by atoms with Crippen molar-refractivity contribution in [2.24, 2.45) is 0 Å². The first-order valence-corrected chi connectivity index (χ1v) is 15.1. The zero-order valence-electron chi connectivity index (χ0n) is 23.9. The molecule has 0 unspecified atom stereocenters. The molecule has 0 N–H and O–H groups in total. The van der Waals surface area contributed by atoms with Crippen LogP contribution in [0.2, 0.25) is 0 Å². The Morgan fingerprint density at radius 2 is 1.15 bits per heavy atom. The van der Waals surface area contributed by atoms with Gasteiger partial charge in [0, 0.05) is 17.2 Å². The van der Waals surface area contributed by atoms with E-state index >= 15 is 0 Å². The van der Waals surface area contributed by atoms with Crippen molar-refractivity contribution in [2.45, 2.75) is 110 Å². The standard InChI is InChI=1S/C33H47BF2O3/c1-2-3-4-5-6-7-8-9-10-11-12-13-14-15-16-20-27-38-31-25-23-30(24-26-31)33(39-34(35)36)28-32(37)29-21-18-17-19-22-29/h17-19,21-26,28H,2-16,20,27H2,1H3/b33-28-. The van der Waals surface area contributed by atoms with Crippen LogP contribution in [0.15, 0.2) is 60.7 Å². The van der Waals surface area contributed by atoms with Gasteiger partial charge >= 0.3 is 7.47 Å². The van der Waals surface area contributed by atoms with E-state index in [2.05, 4.69) is 11.6 Å². The van der Waals surface area contributed by atoms with Gasteiger partial charge in [0.15, 0.2) is 5.78 Å². The van der Waals surface area contributed by atoms with E-state index in [1.165, 1.54) is 89.9 Å². The molecule has 0 saturated carbocycles. The van der Waals surface area contributed by atoms with Crippen molar-refractivity contribution in [3.8, 4) is 5.75 Å². The number of allylic oxidation sites excluding steroid dienone is 1. The third-order valence-electron chi connectivity index (χ3n) is 6.94. The lowest BCUT2D eigenvalue weighted by Gasteiger charge is -2.11. The van der Waals surface area contributed by atoms with E-state index in [0.29, 0.717) is 23.5 Å². The zero-order chi connectivity index (χ0) is 28.0. The molecule has 0 amide bonds. The molecule has 0 aliphatic carbocycles. The summed E-state index contributed by atoms with van der Waals surface area (Å²) in [6, 6.07) is 15.2. The van der Waals surface area contributed by atoms with E-state index in [0.717, 1.165) is 18.9 Å². The minimum absolute atomic E-state index is 0.164. The van der Waals surface area contributed by atoms with Crippen LogP contribution < -0.4 is 4.74 Å². The van der Waals surface area contributed by atoms with Crippen LogP contribution in [0.25, 0.3) is 5.76 Å². The molecule has 0 heterocycles. The summed E-state index contributed by atoms with van der Waals surface area (Å²) >= 11 is 0. The van der Waals surface area contributed by atoms with Crippen LogP contribution in [0.4, 0.5) is 8.63 Å². The molecular formula is C33H47BF2O3. The van der Waals surface area contributed by atoms with Gasteiger partial charge in [-0.1, -0.05) is 134 Å². The summed E-state index contributed by atoms with van der Waals surface area (Å²) in [5, 5.41) is 0. The highest BCUT2D eigenvalue weighted by atomic mass is 19.2. The third-order valence-corrected chi connectivity index (χ3v) is 6.94. The predicted octanol–water partition coefficient (Wildman–Crippen LogP) is 10.5. The molecule has 0 bridgehead atoms. The largest absolute Gasteiger partial charge is 0.796 e. The maximum Gasteiger partial charge on any atom is 0.796 e. The minimum Gasteiger partial charge on any atom is -0.505 e. The molecule has 214 valence electrons. The van der Waals surface area contributed by atoms with Gasteiger partial charge in [-0.2, -0.15) is 0 Å². The van der Waals surface area contributed by atoms with E-state index in [4.69, 9.17) is 4.74 Å². The Morgan fingerprint density at radius 3 is 1.64 bits per heavy atom. The molecule has 0 aromatic heterocycles. The van der Waals surface area contributed by atoms with Crippen molar-refractivity contribution in [3.63, 3.8) is 0 Å². The van der Waals surface area contributed by atoms with Gasteiger partial charge in [0.2, 0.25) is 0 Å². The Balaban J connectivity index is 1.55. The molecule has 2 aromatic carbocycles. The smallest absolute Gasteiger partial charge is 0.505 e. The van der Waals surface area contributed by atoms with Crippen LogP contribution in [0.5, 0.6) is 5.75 Å². The average molecular weight is 541 g/mol. The molecule has 0 aliphatic heterocycles. The van der Waals surface area contributed by atoms with Crippen molar-refractivity contribution in [2.75, 3.05) is 6.61 Å². The number of hydrogen-bond donors (Lipinski definition) is 0. The van der Waals surface area contributed by atoms with E-state index in [1.54, 1.807) is 54.6 Å². The number of benzene rings is 2. The molecule has 0 radical (unpaired) electrons. The molecule has 0 fully saturated rings. The normalized spacial score (nSPS) is 11.4. The number of ketones is 1. The lowest BCUT2D eigenvalue weighted by atomic mass is 10.0. The van der Waals surface area contributed by atoms with E-state index in [-0.39, 0.29) is 5.76 Å². The van der Waals surface area contributed by atoms with Gasteiger partial charge in [-0.15, -0.1) is 0 Å². The monoisotopic (exact) mass is 540 g/mol. The first kappa shape index (κ1) is 32.6. The van der Waals surface area contributed by atoms with Gasteiger partial charge in [-0.3, -0.25) is 4.79 Å². The quantitative estimate of drug-likeness (QED) is 0.0462. The summed E-state index contributed by atoms with van der Waals surface area (Å²) < 4.78 is 36.4. The SMILES string of the molecule is CCCCCCCCCCCCCCCCCCOc1ccc(/C(=C/C(=O)c2ccccc2)OB(F)F)cc1. The number of halogens is 2. The molecule has 39 heavy (non-hydrogen) atoms. The van der Waals surface area contributed by atoms with Gasteiger partial charge in [-0.25, -0.2) is 8.63 Å². The molecule has 0 spiro atoms. The molecule has 0 aliphatic rings. The van der Waals surface area contributed by atoms with Gasteiger partial charge in [-0.05, 0) is 30.7 Å². The van der Waals surface area contributed by atoms with Crippen molar-refractivity contribution >= 4 is 19.0 Å². The fourth-order valence-corrected chi connectivity index (χ4v) is 4.64. The molecule has 0 saturated heterocycles. The number of unbranched alkanes of at least 4 members (excludes halogenated alkanes) is 15.